The normalized spacial score (nSPS) is 10.8. The van der Waals surface area contributed by atoms with E-state index in [1.54, 1.807) is 18.3 Å². The molecule has 21 heavy (non-hydrogen) atoms. The number of hydrogen-bond donors (Lipinski definition) is 0. The number of thioether (sulfide) groups is 1. The van der Waals surface area contributed by atoms with Crippen LogP contribution in [0, 0.1) is 6.92 Å². The number of ether oxygens (including phenoxy) is 1. The highest BCUT2D eigenvalue weighted by molar-refractivity contribution is 7.99. The molecule has 2 aromatic heterocycles. The minimum Gasteiger partial charge on any atom is -0.466 e. The van der Waals surface area contributed by atoms with Gasteiger partial charge < -0.3 is 9.15 Å². The van der Waals surface area contributed by atoms with E-state index < -0.39 is 0 Å². The predicted molar refractivity (Wildman–Crippen MR) is 80.5 cm³/mol. The van der Waals surface area contributed by atoms with Gasteiger partial charge in [-0.2, -0.15) is 0 Å². The van der Waals surface area contributed by atoms with Gasteiger partial charge >= 0.3 is 5.97 Å². The molecule has 0 aliphatic carbocycles. The zero-order valence-corrected chi connectivity index (χ0v) is 13.6. The van der Waals surface area contributed by atoms with Crippen molar-refractivity contribution in [2.45, 2.75) is 38.3 Å². The molecule has 8 heteroatoms. The van der Waals surface area contributed by atoms with Crippen molar-refractivity contribution in [1.29, 1.82) is 0 Å². The van der Waals surface area contributed by atoms with E-state index in [0.29, 0.717) is 30.6 Å². The number of aryl methyl sites for hydroxylation is 1. The number of aromatic nitrogens is 3. The smallest absolute Gasteiger partial charge is 0.305 e. The highest BCUT2D eigenvalue weighted by Crippen LogP contribution is 2.19. The van der Waals surface area contributed by atoms with Crippen molar-refractivity contribution < 1.29 is 13.9 Å². The summed E-state index contributed by atoms with van der Waals surface area (Å²) in [5.74, 6) is 1.15. The van der Waals surface area contributed by atoms with Crippen molar-refractivity contribution in [3.8, 4) is 0 Å². The van der Waals surface area contributed by atoms with Crippen LogP contribution in [-0.2, 0) is 16.0 Å². The fraction of sp³-hybridized carbons (Fsp3) is 0.538. The van der Waals surface area contributed by atoms with Gasteiger partial charge in [-0.05, 0) is 20.3 Å². The first kappa shape index (κ1) is 16.0. The Kier molecular flexibility index (Phi) is 6.19. The van der Waals surface area contributed by atoms with Gasteiger partial charge in [0.15, 0.2) is 0 Å². The van der Waals surface area contributed by atoms with Crippen LogP contribution in [0.4, 0.5) is 0 Å². The van der Waals surface area contributed by atoms with Crippen molar-refractivity contribution in [3.63, 3.8) is 0 Å². The van der Waals surface area contributed by atoms with Gasteiger partial charge in [-0.1, -0.05) is 11.8 Å². The molecule has 0 aromatic carbocycles. The second kappa shape index (κ2) is 8.14. The molecule has 2 heterocycles. The number of carbonyl (C=O) groups is 1. The van der Waals surface area contributed by atoms with Crippen molar-refractivity contribution in [2.24, 2.45) is 0 Å². The number of nitrogens with zero attached hydrogens (tertiary/aromatic N) is 3. The summed E-state index contributed by atoms with van der Waals surface area (Å²) in [5, 5.41) is 11.5. The van der Waals surface area contributed by atoms with Crippen LogP contribution in [0.5, 0.6) is 0 Å². The van der Waals surface area contributed by atoms with E-state index in [4.69, 9.17) is 9.15 Å². The molecular formula is C13H17N3O3S2. The SMILES string of the molecule is CCOC(=O)CCCSc1nnc(Cc2csc(C)n2)o1. The molecule has 0 aliphatic rings. The van der Waals surface area contributed by atoms with Gasteiger partial charge in [0.25, 0.3) is 5.22 Å². The molecule has 0 bridgehead atoms. The summed E-state index contributed by atoms with van der Waals surface area (Å²) in [5.41, 5.74) is 0.944. The molecule has 0 N–H and O–H groups in total. The summed E-state index contributed by atoms with van der Waals surface area (Å²) in [6.07, 6.45) is 1.70. The second-order valence-electron chi connectivity index (χ2n) is 4.25. The van der Waals surface area contributed by atoms with Crippen molar-refractivity contribution in [1.82, 2.24) is 15.2 Å². The monoisotopic (exact) mass is 327 g/mol. The summed E-state index contributed by atoms with van der Waals surface area (Å²) in [6.45, 7) is 4.19. The molecule has 0 radical (unpaired) electrons. The Morgan fingerprint density at radius 1 is 1.48 bits per heavy atom. The number of hydrogen-bond acceptors (Lipinski definition) is 8. The van der Waals surface area contributed by atoms with Gasteiger partial charge in [-0.15, -0.1) is 21.5 Å². The third kappa shape index (κ3) is 5.47. The zero-order chi connectivity index (χ0) is 15.1. The highest BCUT2D eigenvalue weighted by atomic mass is 32.2. The third-order valence-electron chi connectivity index (χ3n) is 2.50. The van der Waals surface area contributed by atoms with E-state index in [-0.39, 0.29) is 5.97 Å². The van der Waals surface area contributed by atoms with E-state index in [1.807, 2.05) is 12.3 Å². The lowest BCUT2D eigenvalue weighted by atomic mass is 10.3. The maximum atomic E-state index is 11.2. The largest absolute Gasteiger partial charge is 0.466 e. The molecule has 0 amide bonds. The van der Waals surface area contributed by atoms with E-state index in [0.717, 1.165) is 22.9 Å². The number of thiazole rings is 1. The van der Waals surface area contributed by atoms with E-state index in [2.05, 4.69) is 15.2 Å². The lowest BCUT2D eigenvalue weighted by molar-refractivity contribution is -0.143. The Morgan fingerprint density at radius 3 is 3.05 bits per heavy atom. The lowest BCUT2D eigenvalue weighted by Crippen LogP contribution is -2.03. The first-order valence-corrected chi connectivity index (χ1v) is 8.55. The van der Waals surface area contributed by atoms with Gasteiger partial charge in [0.05, 0.1) is 23.7 Å². The minimum atomic E-state index is -0.164. The van der Waals surface area contributed by atoms with E-state index in [1.165, 1.54) is 11.8 Å². The maximum absolute atomic E-state index is 11.2. The number of carbonyl (C=O) groups excluding carboxylic acids is 1. The van der Waals surface area contributed by atoms with Crippen LogP contribution in [0.15, 0.2) is 15.0 Å². The first-order valence-electron chi connectivity index (χ1n) is 6.69. The average molecular weight is 327 g/mol. The minimum absolute atomic E-state index is 0.164. The molecule has 0 saturated heterocycles. The summed E-state index contributed by atoms with van der Waals surface area (Å²) in [4.78, 5) is 15.5. The molecular weight excluding hydrogens is 310 g/mol. The predicted octanol–water partition coefficient (Wildman–Crippen LogP) is 2.86. The van der Waals surface area contributed by atoms with Crippen LogP contribution in [0.1, 0.15) is 36.4 Å². The van der Waals surface area contributed by atoms with Crippen molar-refractivity contribution in [3.05, 3.63) is 22.0 Å². The van der Waals surface area contributed by atoms with E-state index in [9.17, 15) is 4.79 Å². The number of esters is 1. The highest BCUT2D eigenvalue weighted by Gasteiger charge is 2.10. The van der Waals surface area contributed by atoms with E-state index >= 15 is 0 Å². The van der Waals surface area contributed by atoms with Crippen molar-refractivity contribution >= 4 is 29.1 Å². The Bertz CT molecular complexity index is 583. The summed E-state index contributed by atoms with van der Waals surface area (Å²) >= 11 is 3.06. The number of rotatable bonds is 8. The molecule has 0 unspecified atom stereocenters. The molecule has 0 fully saturated rings. The molecule has 2 rings (SSSR count). The fourth-order valence-electron chi connectivity index (χ4n) is 1.62. The average Bonchev–Trinajstić information content (AvgIpc) is 3.05. The standard InChI is InChI=1S/C13H17N3O3S2/c1-3-18-12(17)5-4-6-20-13-16-15-11(19-13)7-10-8-21-9(2)14-10/h8H,3-7H2,1-2H3. The second-order valence-corrected chi connectivity index (χ2v) is 6.36. The van der Waals surface area contributed by atoms with Gasteiger partial charge in [-0.3, -0.25) is 4.79 Å². The van der Waals surface area contributed by atoms with Crippen LogP contribution in [0.2, 0.25) is 0 Å². The van der Waals surface area contributed by atoms with Crippen LogP contribution < -0.4 is 0 Å². The lowest BCUT2D eigenvalue weighted by Gasteiger charge is -1.99. The topological polar surface area (TPSA) is 78.1 Å². The molecule has 2 aromatic rings. The summed E-state index contributed by atoms with van der Waals surface area (Å²) in [7, 11) is 0. The summed E-state index contributed by atoms with van der Waals surface area (Å²) in [6, 6.07) is 0. The quantitative estimate of drug-likeness (QED) is 0.419. The molecule has 0 aliphatic heterocycles. The van der Waals surface area contributed by atoms with Gasteiger partial charge in [0, 0.05) is 17.6 Å². The zero-order valence-electron chi connectivity index (χ0n) is 12.0. The maximum Gasteiger partial charge on any atom is 0.305 e. The Balaban J connectivity index is 1.72. The van der Waals surface area contributed by atoms with Gasteiger partial charge in [0.2, 0.25) is 5.89 Å². The van der Waals surface area contributed by atoms with Crippen molar-refractivity contribution in [2.75, 3.05) is 12.4 Å². The molecule has 0 atom stereocenters. The fourth-order valence-corrected chi connectivity index (χ4v) is 2.95. The molecule has 0 saturated carbocycles. The van der Waals surface area contributed by atoms with Crippen LogP contribution in [-0.4, -0.2) is 33.5 Å². The Morgan fingerprint density at radius 2 is 2.33 bits per heavy atom. The Labute approximate surface area is 131 Å². The van der Waals surface area contributed by atoms with Crippen LogP contribution in [0.3, 0.4) is 0 Å². The third-order valence-corrected chi connectivity index (χ3v) is 4.23. The summed E-state index contributed by atoms with van der Waals surface area (Å²) < 4.78 is 10.4. The van der Waals surface area contributed by atoms with Gasteiger partial charge in [-0.25, -0.2) is 4.98 Å². The molecule has 6 nitrogen and oxygen atoms in total. The molecule has 114 valence electrons. The van der Waals surface area contributed by atoms with Crippen LogP contribution >= 0.6 is 23.1 Å². The Hall–Kier alpha value is -1.41. The first-order chi connectivity index (χ1) is 10.2. The van der Waals surface area contributed by atoms with Crippen LogP contribution in [0.25, 0.3) is 0 Å². The van der Waals surface area contributed by atoms with Gasteiger partial charge in [0.1, 0.15) is 0 Å². The molecule has 0 spiro atoms.